The molecule has 190 valence electrons. The molecule has 0 aliphatic rings. The van der Waals surface area contributed by atoms with Gasteiger partial charge < -0.3 is 20.9 Å². The van der Waals surface area contributed by atoms with Crippen molar-refractivity contribution in [1.29, 1.82) is 0 Å². The Hall–Kier alpha value is -3.37. The van der Waals surface area contributed by atoms with Gasteiger partial charge in [-0.1, -0.05) is 30.3 Å². The number of carbonyl (C=O) groups excluding carboxylic acids is 3. The van der Waals surface area contributed by atoms with Crippen LogP contribution in [0.3, 0.4) is 0 Å². The van der Waals surface area contributed by atoms with Crippen LogP contribution in [0.25, 0.3) is 0 Å². The lowest BCUT2D eigenvalue weighted by Crippen LogP contribution is -2.57. The Labute approximate surface area is 202 Å². The van der Waals surface area contributed by atoms with Crippen LogP contribution in [0.2, 0.25) is 0 Å². The van der Waals surface area contributed by atoms with Crippen LogP contribution in [0, 0.1) is 0 Å². The summed E-state index contributed by atoms with van der Waals surface area (Å²) in [4.78, 5) is 37.4. The zero-order chi connectivity index (χ0) is 26.4. The average molecular weight is 492 g/mol. The van der Waals surface area contributed by atoms with Gasteiger partial charge in [0.15, 0.2) is 0 Å². The maximum Gasteiger partial charge on any atom is 0.412 e. The molecule has 0 saturated carbocycles. The predicted octanol–water partition coefficient (Wildman–Crippen LogP) is 3.46. The molecule has 0 heterocycles. The summed E-state index contributed by atoms with van der Waals surface area (Å²) >= 11 is 0. The van der Waals surface area contributed by atoms with E-state index in [0.29, 0.717) is 5.69 Å². The second-order valence-electron chi connectivity index (χ2n) is 9.11. The van der Waals surface area contributed by atoms with E-state index in [2.05, 4.69) is 10.6 Å². The predicted molar refractivity (Wildman–Crippen MR) is 127 cm³/mol. The van der Waals surface area contributed by atoms with Crippen molar-refractivity contribution in [3.05, 3.63) is 65.7 Å². The number of nitrogens with two attached hydrogens (primary N) is 1. The van der Waals surface area contributed by atoms with Gasteiger partial charge in [0.2, 0.25) is 0 Å². The summed E-state index contributed by atoms with van der Waals surface area (Å²) in [5.41, 5.74) is 5.19. The van der Waals surface area contributed by atoms with Gasteiger partial charge in [-0.2, -0.15) is 0 Å². The molecule has 35 heavy (non-hydrogen) atoms. The Balaban J connectivity index is 2.38. The zero-order valence-corrected chi connectivity index (χ0v) is 20.0. The summed E-state index contributed by atoms with van der Waals surface area (Å²) in [6.07, 6.45) is -3.15. The van der Waals surface area contributed by atoms with Gasteiger partial charge in [-0.15, -0.1) is 0 Å². The highest BCUT2D eigenvalue weighted by molar-refractivity contribution is 5.95. The van der Waals surface area contributed by atoms with Crippen LogP contribution in [0.4, 0.5) is 19.3 Å². The van der Waals surface area contributed by atoms with Crippen molar-refractivity contribution < 1.29 is 33.0 Å². The molecule has 0 aliphatic carbocycles. The third kappa shape index (κ3) is 7.83. The summed E-state index contributed by atoms with van der Waals surface area (Å²) < 4.78 is 34.0. The molecule has 0 saturated heterocycles. The lowest BCUT2D eigenvalue weighted by atomic mass is 9.83. The number of Topliss-reactive ketones (excluding diaryl/α,β-unsaturated/α-hetero) is 1. The molecule has 3 unspecified atom stereocenters. The maximum absolute atomic E-state index is 14.4. The number of hydrogen-bond donors (Lipinski definition) is 4. The number of hydrogen-bond acceptors (Lipinski definition) is 6. The lowest BCUT2D eigenvalue weighted by Gasteiger charge is -2.34. The summed E-state index contributed by atoms with van der Waals surface area (Å²) in [6.45, 7) is 5.11. The van der Waals surface area contributed by atoms with Crippen molar-refractivity contribution in [2.24, 2.45) is 5.73 Å². The minimum absolute atomic E-state index is 0.167. The Bertz CT molecular complexity index is 1020. The van der Waals surface area contributed by atoms with E-state index in [0.717, 1.165) is 0 Å². The van der Waals surface area contributed by atoms with Crippen LogP contribution in [0.5, 0.6) is 0 Å². The van der Waals surface area contributed by atoms with Crippen LogP contribution in [0.15, 0.2) is 54.6 Å². The third-order valence-corrected chi connectivity index (χ3v) is 5.09. The third-order valence-electron chi connectivity index (χ3n) is 5.09. The van der Waals surface area contributed by atoms with Crippen molar-refractivity contribution in [2.75, 3.05) is 11.9 Å². The summed E-state index contributed by atoms with van der Waals surface area (Å²) in [5, 5.41) is 15.4. The number of aliphatic hydroxyl groups is 1. The molecule has 10 heteroatoms. The molecule has 0 bridgehead atoms. The van der Waals surface area contributed by atoms with E-state index in [-0.39, 0.29) is 11.1 Å². The van der Waals surface area contributed by atoms with Crippen molar-refractivity contribution in [3.8, 4) is 0 Å². The van der Waals surface area contributed by atoms with Gasteiger partial charge in [-0.3, -0.25) is 14.9 Å². The number of benzene rings is 2. The number of alkyl halides is 2. The van der Waals surface area contributed by atoms with E-state index in [1.165, 1.54) is 43.3 Å². The fourth-order valence-electron chi connectivity index (χ4n) is 3.44. The first-order chi connectivity index (χ1) is 16.2. The number of ether oxygens (including phenoxy) is 1. The highest BCUT2D eigenvalue weighted by Gasteiger charge is 2.47. The van der Waals surface area contributed by atoms with Crippen molar-refractivity contribution >= 4 is 23.5 Å². The number of carbonyl (C=O) groups is 3. The molecule has 0 fully saturated rings. The van der Waals surface area contributed by atoms with Crippen molar-refractivity contribution in [1.82, 2.24) is 5.32 Å². The Morgan fingerprint density at radius 3 is 2.09 bits per heavy atom. The molecule has 0 radical (unpaired) electrons. The minimum Gasteiger partial charge on any atom is -0.444 e. The maximum atomic E-state index is 14.4. The molecule has 3 atom stereocenters. The van der Waals surface area contributed by atoms with Gasteiger partial charge in [0, 0.05) is 11.3 Å². The fraction of sp³-hybridized carbons (Fsp3) is 0.400. The molecular weight excluding hydrogens is 460 g/mol. The SMILES string of the molecule is CC(=O)C(c1ccc(NC(=O)OC(C)(C)C)cc1)C(NC(=O)c1ccccc1)C(O)C(F)(F)CN. The molecule has 8 nitrogen and oxygen atoms in total. The monoisotopic (exact) mass is 491 g/mol. The van der Waals surface area contributed by atoms with E-state index in [9.17, 15) is 28.3 Å². The number of ketones is 1. The second-order valence-corrected chi connectivity index (χ2v) is 9.11. The minimum atomic E-state index is -3.78. The highest BCUT2D eigenvalue weighted by atomic mass is 19.3. The molecular formula is C25H31F2N3O5. The van der Waals surface area contributed by atoms with E-state index in [1.807, 2.05) is 0 Å². The van der Waals surface area contributed by atoms with Gasteiger partial charge >= 0.3 is 6.09 Å². The zero-order valence-electron chi connectivity index (χ0n) is 20.0. The molecule has 2 rings (SSSR count). The van der Waals surface area contributed by atoms with E-state index in [1.54, 1.807) is 39.0 Å². The van der Waals surface area contributed by atoms with E-state index < -0.39 is 53.9 Å². The quantitative estimate of drug-likeness (QED) is 0.425. The second kappa shape index (κ2) is 11.4. The van der Waals surface area contributed by atoms with Gasteiger partial charge in [-0.05, 0) is 57.5 Å². The summed E-state index contributed by atoms with van der Waals surface area (Å²) in [6, 6.07) is 11.9. The van der Waals surface area contributed by atoms with E-state index >= 15 is 0 Å². The van der Waals surface area contributed by atoms with Gasteiger partial charge in [-0.25, -0.2) is 13.6 Å². The molecule has 2 aromatic carbocycles. The lowest BCUT2D eigenvalue weighted by molar-refractivity contribution is -0.129. The van der Waals surface area contributed by atoms with Crippen LogP contribution in [0.1, 0.15) is 49.5 Å². The molecule has 0 aliphatic heterocycles. The van der Waals surface area contributed by atoms with Gasteiger partial charge in [0.05, 0.1) is 18.5 Å². The highest BCUT2D eigenvalue weighted by Crippen LogP contribution is 2.31. The van der Waals surface area contributed by atoms with Crippen LogP contribution in [-0.4, -0.2) is 53.1 Å². The van der Waals surface area contributed by atoms with Gasteiger partial charge in [0.1, 0.15) is 17.5 Å². The van der Waals surface area contributed by atoms with E-state index in [4.69, 9.17) is 10.5 Å². The molecule has 0 aromatic heterocycles. The normalized spacial score (nSPS) is 14.4. The Morgan fingerprint density at radius 1 is 1.03 bits per heavy atom. The number of nitrogens with one attached hydrogen (secondary N) is 2. The van der Waals surface area contributed by atoms with Crippen LogP contribution in [-0.2, 0) is 9.53 Å². The first kappa shape index (κ1) is 27.9. The number of amides is 2. The van der Waals surface area contributed by atoms with Crippen molar-refractivity contribution in [2.45, 2.75) is 57.3 Å². The summed E-state index contributed by atoms with van der Waals surface area (Å²) in [5.74, 6) is -6.41. The first-order valence-electron chi connectivity index (χ1n) is 11.0. The number of anilines is 1. The Morgan fingerprint density at radius 2 is 1.60 bits per heavy atom. The fourth-order valence-corrected chi connectivity index (χ4v) is 3.44. The number of rotatable bonds is 9. The molecule has 2 amide bonds. The Kier molecular flexibility index (Phi) is 9.06. The van der Waals surface area contributed by atoms with Crippen LogP contribution >= 0.6 is 0 Å². The molecule has 2 aromatic rings. The smallest absolute Gasteiger partial charge is 0.412 e. The van der Waals surface area contributed by atoms with Crippen LogP contribution < -0.4 is 16.4 Å². The number of aliphatic hydroxyl groups excluding tert-OH is 1. The molecule has 0 spiro atoms. The number of halogens is 2. The average Bonchev–Trinajstić information content (AvgIpc) is 2.78. The van der Waals surface area contributed by atoms with Crippen molar-refractivity contribution in [3.63, 3.8) is 0 Å². The first-order valence-corrected chi connectivity index (χ1v) is 11.0. The summed E-state index contributed by atoms with van der Waals surface area (Å²) in [7, 11) is 0. The largest absolute Gasteiger partial charge is 0.444 e. The standard InChI is InChI=1S/C25H31F2N3O5/c1-15(31)19(16-10-12-18(13-11-16)29-23(34)35-24(2,3)4)20(21(32)25(26,27)14-28)30-22(33)17-8-6-5-7-9-17/h5-13,19-21,32H,14,28H2,1-4H3,(H,29,34)(H,30,33). The molecule has 5 N–H and O–H groups in total. The topological polar surface area (TPSA) is 131 Å². The van der Waals surface area contributed by atoms with Gasteiger partial charge in [0.25, 0.3) is 11.8 Å².